The van der Waals surface area contributed by atoms with Gasteiger partial charge in [0.05, 0.1) is 17.2 Å². The lowest BCUT2D eigenvalue weighted by Gasteiger charge is -2.33. The lowest BCUT2D eigenvalue weighted by Crippen LogP contribution is -2.33. The molecule has 1 atom stereocenters. The quantitative estimate of drug-likeness (QED) is 0.331. The fourth-order valence-electron chi connectivity index (χ4n) is 6.06. The van der Waals surface area contributed by atoms with Crippen LogP contribution in [0.4, 0.5) is 40.8 Å². The van der Waals surface area contributed by atoms with Gasteiger partial charge in [-0.25, -0.2) is 0 Å². The third-order valence-corrected chi connectivity index (χ3v) is 7.89. The van der Waals surface area contributed by atoms with Crippen molar-refractivity contribution in [3.05, 3.63) is 52.6 Å². The Morgan fingerprint density at radius 3 is 2.05 bits per heavy atom. The number of carbonyl (C=O) groups is 1. The molecule has 13 heteroatoms. The topological polar surface area (TPSA) is 42.0 Å². The Kier molecular flexibility index (Phi) is 7.52. The molecule has 2 aromatic carbocycles. The second kappa shape index (κ2) is 10.5. The molecule has 41 heavy (non-hydrogen) atoms. The minimum absolute atomic E-state index is 0.0320. The van der Waals surface area contributed by atoms with Crippen LogP contribution >= 0.6 is 0 Å². The third-order valence-electron chi connectivity index (χ3n) is 7.89. The van der Waals surface area contributed by atoms with Crippen LogP contribution in [-0.2, 0) is 23.7 Å². The maximum Gasteiger partial charge on any atom is 0.586 e. The first-order chi connectivity index (χ1) is 19.1. The Morgan fingerprint density at radius 2 is 1.49 bits per heavy atom. The van der Waals surface area contributed by atoms with Gasteiger partial charge in [0, 0.05) is 43.9 Å². The summed E-state index contributed by atoms with van der Waals surface area (Å²) in [5.74, 6) is -0.670. The largest absolute Gasteiger partial charge is 0.586 e. The molecule has 0 saturated heterocycles. The standard InChI is InChI=1S/C28H28F8N2O3/c1-16(39)38(15-18-9-19(26(29,30)31)11-20(10-18)27(32,33)34)22-7-4-8-37(14-17-5-2-3-6-17)23-13-25-24(12-21(22)23)40-28(35,36)41-25/h9-13,17,22H,2-8,14-15H2,1H3. The average molecular weight is 593 g/mol. The van der Waals surface area contributed by atoms with Crippen molar-refractivity contribution in [2.75, 3.05) is 18.0 Å². The Labute approximate surface area is 231 Å². The summed E-state index contributed by atoms with van der Waals surface area (Å²) < 4.78 is 118. The van der Waals surface area contributed by atoms with Gasteiger partial charge < -0.3 is 19.3 Å². The molecule has 224 valence electrons. The van der Waals surface area contributed by atoms with Gasteiger partial charge in [-0.15, -0.1) is 8.78 Å². The van der Waals surface area contributed by atoms with E-state index in [4.69, 9.17) is 0 Å². The van der Waals surface area contributed by atoms with Gasteiger partial charge in [-0.2, -0.15) is 26.3 Å². The van der Waals surface area contributed by atoms with E-state index in [2.05, 4.69) is 9.47 Å². The highest BCUT2D eigenvalue weighted by atomic mass is 19.4. The van der Waals surface area contributed by atoms with Crippen molar-refractivity contribution in [3.8, 4) is 11.5 Å². The van der Waals surface area contributed by atoms with E-state index < -0.39 is 48.3 Å². The molecule has 5 nitrogen and oxygen atoms in total. The lowest BCUT2D eigenvalue weighted by atomic mass is 9.97. The van der Waals surface area contributed by atoms with Crippen LogP contribution in [0, 0.1) is 5.92 Å². The smallest absolute Gasteiger partial charge is 0.395 e. The summed E-state index contributed by atoms with van der Waals surface area (Å²) in [5, 5.41) is 0. The Hall–Kier alpha value is -3.25. The van der Waals surface area contributed by atoms with Gasteiger partial charge >= 0.3 is 18.6 Å². The van der Waals surface area contributed by atoms with Crippen LogP contribution in [0.15, 0.2) is 30.3 Å². The fraction of sp³-hybridized carbons (Fsp3) is 0.536. The van der Waals surface area contributed by atoms with Crippen molar-refractivity contribution in [2.45, 2.75) is 76.7 Å². The van der Waals surface area contributed by atoms with Gasteiger partial charge in [0.2, 0.25) is 5.91 Å². The van der Waals surface area contributed by atoms with Crippen molar-refractivity contribution in [1.29, 1.82) is 0 Å². The molecular weight excluding hydrogens is 564 g/mol. The number of nitrogens with zero attached hydrogens (tertiary/aromatic N) is 2. The van der Waals surface area contributed by atoms with E-state index in [1.807, 2.05) is 4.90 Å². The number of hydrogen-bond donors (Lipinski definition) is 0. The zero-order valence-corrected chi connectivity index (χ0v) is 22.0. The van der Waals surface area contributed by atoms with E-state index in [9.17, 15) is 39.9 Å². The van der Waals surface area contributed by atoms with Crippen molar-refractivity contribution in [2.24, 2.45) is 5.92 Å². The van der Waals surface area contributed by atoms with E-state index in [0.717, 1.165) is 25.7 Å². The Bertz CT molecular complexity index is 1270. The molecule has 1 unspecified atom stereocenters. The molecule has 1 amide bonds. The van der Waals surface area contributed by atoms with Crippen molar-refractivity contribution in [3.63, 3.8) is 0 Å². The molecule has 0 aromatic heterocycles. The molecule has 0 radical (unpaired) electrons. The zero-order valence-electron chi connectivity index (χ0n) is 22.0. The van der Waals surface area contributed by atoms with E-state index in [1.165, 1.54) is 24.0 Å². The van der Waals surface area contributed by atoms with Crippen molar-refractivity contribution in [1.82, 2.24) is 4.90 Å². The van der Waals surface area contributed by atoms with Crippen LogP contribution in [-0.4, -0.2) is 30.2 Å². The number of alkyl halides is 8. The lowest BCUT2D eigenvalue weighted by molar-refractivity contribution is -0.286. The summed E-state index contributed by atoms with van der Waals surface area (Å²) in [7, 11) is 0. The van der Waals surface area contributed by atoms with Gasteiger partial charge in [-0.05, 0) is 61.4 Å². The number of fused-ring (bicyclic) bond motifs is 2. The maximum atomic E-state index is 14.0. The van der Waals surface area contributed by atoms with Crippen LogP contribution in [0.5, 0.6) is 11.5 Å². The molecule has 1 fully saturated rings. The van der Waals surface area contributed by atoms with Gasteiger partial charge in [0.25, 0.3) is 0 Å². The van der Waals surface area contributed by atoms with Gasteiger partial charge in [-0.1, -0.05) is 12.8 Å². The van der Waals surface area contributed by atoms with E-state index in [0.29, 0.717) is 55.2 Å². The van der Waals surface area contributed by atoms with Gasteiger partial charge in [-0.3, -0.25) is 4.79 Å². The van der Waals surface area contributed by atoms with Crippen LogP contribution in [0.1, 0.15) is 73.7 Å². The highest BCUT2D eigenvalue weighted by Gasteiger charge is 2.45. The molecule has 3 aliphatic rings. The number of carbonyl (C=O) groups excluding carboxylic acids is 1. The summed E-state index contributed by atoms with van der Waals surface area (Å²) in [5.41, 5.74) is -2.39. The van der Waals surface area contributed by atoms with Crippen molar-refractivity contribution < 1.29 is 49.4 Å². The summed E-state index contributed by atoms with van der Waals surface area (Å²) in [6.07, 6.45) is -8.98. The molecule has 5 rings (SSSR count). The molecule has 2 aromatic rings. The number of anilines is 1. The predicted molar refractivity (Wildman–Crippen MR) is 131 cm³/mol. The van der Waals surface area contributed by atoms with Gasteiger partial charge in [0.1, 0.15) is 0 Å². The second-order valence-corrected chi connectivity index (χ2v) is 10.8. The summed E-state index contributed by atoms with van der Waals surface area (Å²) in [6.45, 7) is 1.77. The number of benzene rings is 2. The fourth-order valence-corrected chi connectivity index (χ4v) is 6.06. The first-order valence-electron chi connectivity index (χ1n) is 13.3. The molecule has 0 spiro atoms. The van der Waals surface area contributed by atoms with Gasteiger partial charge in [0.15, 0.2) is 11.5 Å². The minimum atomic E-state index is -5.05. The summed E-state index contributed by atoms with van der Waals surface area (Å²) in [6, 6.07) is 3.15. The minimum Gasteiger partial charge on any atom is -0.395 e. The molecule has 1 saturated carbocycles. The van der Waals surface area contributed by atoms with Crippen LogP contribution < -0.4 is 14.4 Å². The van der Waals surface area contributed by atoms with Crippen LogP contribution in [0.2, 0.25) is 0 Å². The molecule has 0 N–H and O–H groups in total. The predicted octanol–water partition coefficient (Wildman–Crippen LogP) is 7.93. The highest BCUT2D eigenvalue weighted by Crippen LogP contribution is 2.49. The first kappa shape index (κ1) is 29.2. The number of ether oxygens (including phenoxy) is 2. The Balaban J connectivity index is 1.56. The monoisotopic (exact) mass is 592 g/mol. The molecular formula is C28H28F8N2O3. The van der Waals surface area contributed by atoms with E-state index in [1.54, 1.807) is 0 Å². The normalized spacial score (nSPS) is 20.6. The number of rotatable bonds is 5. The van der Waals surface area contributed by atoms with Crippen molar-refractivity contribution >= 4 is 11.6 Å². The second-order valence-electron chi connectivity index (χ2n) is 10.8. The molecule has 2 heterocycles. The summed E-state index contributed by atoms with van der Waals surface area (Å²) in [4.78, 5) is 16.1. The first-order valence-corrected chi connectivity index (χ1v) is 13.3. The summed E-state index contributed by atoms with van der Waals surface area (Å²) >= 11 is 0. The zero-order chi connectivity index (χ0) is 29.7. The van der Waals surface area contributed by atoms with E-state index >= 15 is 0 Å². The number of hydrogen-bond acceptors (Lipinski definition) is 4. The Morgan fingerprint density at radius 1 is 0.902 bits per heavy atom. The van der Waals surface area contributed by atoms with Crippen LogP contribution in [0.25, 0.3) is 0 Å². The molecule has 1 aliphatic carbocycles. The number of halogens is 8. The van der Waals surface area contributed by atoms with E-state index in [-0.39, 0.29) is 23.1 Å². The average Bonchev–Trinajstić information content (AvgIpc) is 3.43. The third kappa shape index (κ3) is 6.33. The maximum absolute atomic E-state index is 14.0. The number of amides is 1. The van der Waals surface area contributed by atoms with Crippen LogP contribution in [0.3, 0.4) is 0 Å². The highest BCUT2D eigenvalue weighted by molar-refractivity contribution is 5.75. The molecule has 0 bridgehead atoms. The molecule has 2 aliphatic heterocycles. The SMILES string of the molecule is CC(=O)N(Cc1cc(C(F)(F)F)cc(C(F)(F)F)c1)C1CCCN(CC2CCCC2)c2cc3c(cc21)OC(F)(F)O3.